The minimum atomic E-state index is -0.847. The number of rotatable bonds is 4. The third-order valence-corrected chi connectivity index (χ3v) is 4.57. The molecule has 128 valence electrons. The number of hydrogen-bond donors (Lipinski definition) is 2. The maximum atomic E-state index is 12.7. The van der Waals surface area contributed by atoms with Crippen LogP contribution >= 0.6 is 0 Å². The van der Waals surface area contributed by atoms with Crippen LogP contribution in [0.15, 0.2) is 18.2 Å². The quantitative estimate of drug-likeness (QED) is 0.873. The molecule has 2 atom stereocenters. The number of benzene rings is 1. The summed E-state index contributed by atoms with van der Waals surface area (Å²) in [6.07, 6.45) is 1.68. The Morgan fingerprint density at radius 2 is 2.17 bits per heavy atom. The lowest BCUT2D eigenvalue weighted by atomic mass is 9.92. The van der Waals surface area contributed by atoms with Crippen LogP contribution in [0.2, 0.25) is 0 Å². The van der Waals surface area contributed by atoms with E-state index in [1.54, 1.807) is 23.1 Å². The number of carboxylic acids is 1. The number of fused-ring (bicyclic) bond motifs is 1. The Bertz CT molecular complexity index is 688. The highest BCUT2D eigenvalue weighted by atomic mass is 16.5. The van der Waals surface area contributed by atoms with E-state index >= 15 is 0 Å². The Hall–Kier alpha value is -2.57. The van der Waals surface area contributed by atoms with Crippen LogP contribution in [0.25, 0.3) is 0 Å². The molecule has 2 N–H and O–H groups in total. The fraction of sp³-hybridized carbons (Fsp3) is 0.471. The number of carbonyl (C=O) groups is 3. The van der Waals surface area contributed by atoms with Gasteiger partial charge in [0.1, 0.15) is 5.75 Å². The normalized spacial score (nSPS) is 22.5. The molecule has 24 heavy (non-hydrogen) atoms. The van der Waals surface area contributed by atoms with Crippen molar-refractivity contribution in [3.05, 3.63) is 23.8 Å². The molecule has 0 aliphatic carbocycles. The van der Waals surface area contributed by atoms with Gasteiger partial charge in [0, 0.05) is 18.7 Å². The first-order chi connectivity index (χ1) is 11.5. The van der Waals surface area contributed by atoms with E-state index in [1.165, 1.54) is 0 Å². The predicted molar refractivity (Wildman–Crippen MR) is 86.0 cm³/mol. The fourth-order valence-corrected chi connectivity index (χ4v) is 3.37. The Morgan fingerprint density at radius 3 is 2.88 bits per heavy atom. The fourth-order valence-electron chi connectivity index (χ4n) is 3.37. The van der Waals surface area contributed by atoms with Gasteiger partial charge in [-0.25, -0.2) is 0 Å². The Balaban J connectivity index is 1.77. The van der Waals surface area contributed by atoms with Crippen LogP contribution in [-0.2, 0) is 9.59 Å². The first-order valence-electron chi connectivity index (χ1n) is 8.08. The Morgan fingerprint density at radius 1 is 1.38 bits per heavy atom. The van der Waals surface area contributed by atoms with Gasteiger partial charge in [0.25, 0.3) is 11.8 Å². The molecule has 0 aromatic heterocycles. The van der Waals surface area contributed by atoms with Gasteiger partial charge < -0.3 is 20.1 Å². The van der Waals surface area contributed by atoms with Crippen molar-refractivity contribution in [3.63, 3.8) is 0 Å². The first kappa shape index (κ1) is 16.3. The molecule has 0 spiro atoms. The van der Waals surface area contributed by atoms with E-state index in [9.17, 15) is 19.5 Å². The number of ether oxygens (including phenoxy) is 1. The van der Waals surface area contributed by atoms with Gasteiger partial charge in [-0.3, -0.25) is 14.4 Å². The zero-order chi connectivity index (χ0) is 17.3. The van der Waals surface area contributed by atoms with Crippen molar-refractivity contribution in [2.75, 3.05) is 25.0 Å². The summed E-state index contributed by atoms with van der Waals surface area (Å²) in [5.41, 5.74) is 0.975. The molecule has 2 heterocycles. The average Bonchev–Trinajstić information content (AvgIpc) is 2.98. The largest absolute Gasteiger partial charge is 0.482 e. The van der Waals surface area contributed by atoms with Crippen molar-refractivity contribution >= 4 is 23.5 Å². The molecule has 0 radical (unpaired) electrons. The van der Waals surface area contributed by atoms with Crippen LogP contribution in [0.1, 0.15) is 30.1 Å². The van der Waals surface area contributed by atoms with E-state index in [1.807, 2.05) is 6.92 Å². The molecule has 1 aromatic carbocycles. The number of carboxylic acid groups (broad SMARTS) is 1. The van der Waals surface area contributed by atoms with Crippen molar-refractivity contribution in [1.82, 2.24) is 4.90 Å². The molecule has 7 heteroatoms. The standard InChI is InChI=1S/C17H20N2O5/c1-2-3-11-7-19(8-12(11)17(22)23)16(21)10-4-5-13-14(6-10)24-9-15(20)18-13/h4-6,11-12H,2-3,7-9H2,1H3,(H,18,20)(H,22,23). The molecule has 2 amide bonds. The molecule has 2 unspecified atom stereocenters. The van der Waals surface area contributed by atoms with Gasteiger partial charge in [0.15, 0.2) is 6.61 Å². The van der Waals surface area contributed by atoms with Crippen molar-refractivity contribution < 1.29 is 24.2 Å². The van der Waals surface area contributed by atoms with Crippen molar-refractivity contribution in [3.8, 4) is 5.75 Å². The van der Waals surface area contributed by atoms with Gasteiger partial charge in [-0.1, -0.05) is 13.3 Å². The molecule has 0 bridgehead atoms. The van der Waals surface area contributed by atoms with Gasteiger partial charge in [0.05, 0.1) is 11.6 Å². The highest BCUT2D eigenvalue weighted by molar-refractivity contribution is 5.99. The number of anilines is 1. The average molecular weight is 332 g/mol. The van der Waals surface area contributed by atoms with Gasteiger partial charge >= 0.3 is 5.97 Å². The number of likely N-dealkylation sites (tertiary alicyclic amines) is 1. The predicted octanol–water partition coefficient (Wildman–Crippen LogP) is 1.59. The van der Waals surface area contributed by atoms with E-state index in [-0.39, 0.29) is 30.9 Å². The maximum Gasteiger partial charge on any atom is 0.308 e. The number of aliphatic carboxylic acids is 1. The molecule has 2 aliphatic rings. The number of nitrogens with one attached hydrogen (secondary N) is 1. The minimum absolute atomic E-state index is 0.00962. The maximum absolute atomic E-state index is 12.7. The Kier molecular flexibility index (Phi) is 4.42. The number of hydrogen-bond acceptors (Lipinski definition) is 4. The number of amides is 2. The summed E-state index contributed by atoms with van der Waals surface area (Å²) in [5, 5.41) is 12.0. The highest BCUT2D eigenvalue weighted by Gasteiger charge is 2.39. The Labute approximate surface area is 139 Å². The molecule has 1 saturated heterocycles. The topological polar surface area (TPSA) is 95.9 Å². The summed E-state index contributed by atoms with van der Waals surface area (Å²) in [7, 11) is 0. The minimum Gasteiger partial charge on any atom is -0.482 e. The van der Waals surface area contributed by atoms with Crippen LogP contribution < -0.4 is 10.1 Å². The smallest absolute Gasteiger partial charge is 0.308 e. The summed E-state index contributed by atoms with van der Waals surface area (Å²) in [6, 6.07) is 4.85. The second-order valence-corrected chi connectivity index (χ2v) is 6.25. The van der Waals surface area contributed by atoms with Crippen molar-refractivity contribution in [2.45, 2.75) is 19.8 Å². The third-order valence-electron chi connectivity index (χ3n) is 4.57. The van der Waals surface area contributed by atoms with E-state index in [0.29, 0.717) is 23.5 Å². The molecular formula is C17H20N2O5. The highest BCUT2D eigenvalue weighted by Crippen LogP contribution is 2.32. The lowest BCUT2D eigenvalue weighted by molar-refractivity contribution is -0.142. The van der Waals surface area contributed by atoms with E-state index in [4.69, 9.17) is 4.74 Å². The van der Waals surface area contributed by atoms with Crippen LogP contribution in [0, 0.1) is 11.8 Å². The summed E-state index contributed by atoms with van der Waals surface area (Å²) in [6.45, 7) is 2.62. The van der Waals surface area contributed by atoms with Gasteiger partial charge in [-0.15, -0.1) is 0 Å². The van der Waals surface area contributed by atoms with E-state index in [2.05, 4.69) is 5.32 Å². The molecule has 7 nitrogen and oxygen atoms in total. The molecular weight excluding hydrogens is 312 g/mol. The van der Waals surface area contributed by atoms with Crippen LogP contribution in [0.5, 0.6) is 5.75 Å². The SMILES string of the molecule is CCCC1CN(C(=O)c2ccc3c(c2)OCC(=O)N3)CC1C(=O)O. The zero-order valence-electron chi connectivity index (χ0n) is 13.4. The first-order valence-corrected chi connectivity index (χ1v) is 8.08. The zero-order valence-corrected chi connectivity index (χ0v) is 13.4. The molecule has 3 rings (SSSR count). The van der Waals surface area contributed by atoms with E-state index in [0.717, 1.165) is 12.8 Å². The second-order valence-electron chi connectivity index (χ2n) is 6.25. The van der Waals surface area contributed by atoms with Crippen LogP contribution in [-0.4, -0.2) is 47.5 Å². The summed E-state index contributed by atoms with van der Waals surface area (Å²) < 4.78 is 5.33. The molecule has 2 aliphatic heterocycles. The molecule has 1 aromatic rings. The van der Waals surface area contributed by atoms with E-state index < -0.39 is 11.9 Å². The summed E-state index contributed by atoms with van der Waals surface area (Å²) in [4.78, 5) is 37.0. The van der Waals surface area contributed by atoms with Crippen LogP contribution in [0.4, 0.5) is 5.69 Å². The molecule has 0 saturated carbocycles. The van der Waals surface area contributed by atoms with Gasteiger partial charge in [-0.05, 0) is 30.5 Å². The van der Waals surface area contributed by atoms with Crippen molar-refractivity contribution in [2.24, 2.45) is 11.8 Å². The second kappa shape index (κ2) is 6.51. The lowest BCUT2D eigenvalue weighted by Gasteiger charge is -2.20. The van der Waals surface area contributed by atoms with Gasteiger partial charge in [-0.2, -0.15) is 0 Å². The lowest BCUT2D eigenvalue weighted by Crippen LogP contribution is -2.30. The molecule has 1 fully saturated rings. The summed E-state index contributed by atoms with van der Waals surface area (Å²) in [5.74, 6) is -1.34. The number of carbonyl (C=O) groups excluding carboxylic acids is 2. The monoisotopic (exact) mass is 332 g/mol. The number of nitrogens with zero attached hydrogens (tertiary/aromatic N) is 1. The third kappa shape index (κ3) is 3.06. The van der Waals surface area contributed by atoms with Gasteiger partial charge in [0.2, 0.25) is 0 Å². The summed E-state index contributed by atoms with van der Waals surface area (Å²) >= 11 is 0. The van der Waals surface area contributed by atoms with Crippen molar-refractivity contribution in [1.29, 1.82) is 0 Å². The van der Waals surface area contributed by atoms with Crippen LogP contribution in [0.3, 0.4) is 0 Å².